The Kier molecular flexibility index (Phi) is 6.55. The molecule has 108 valence electrons. The Morgan fingerprint density at radius 3 is 2.17 bits per heavy atom. The fourth-order valence-electron chi connectivity index (χ4n) is 2.26. The predicted octanol–water partition coefficient (Wildman–Crippen LogP) is 0.895. The van der Waals surface area contributed by atoms with Gasteiger partial charge < -0.3 is 5.32 Å². The van der Waals surface area contributed by atoms with Gasteiger partial charge in [-0.3, -0.25) is 0 Å². The van der Waals surface area contributed by atoms with E-state index >= 15 is 0 Å². The number of piperazine rings is 1. The Bertz CT molecular complexity index is 322. The zero-order valence-corrected chi connectivity index (χ0v) is 12.7. The zero-order chi connectivity index (χ0) is 13.6. The molecule has 1 aliphatic rings. The molecule has 1 N–H and O–H groups in total. The van der Waals surface area contributed by atoms with Gasteiger partial charge in [0.25, 0.3) is 10.2 Å². The van der Waals surface area contributed by atoms with Gasteiger partial charge in [-0.05, 0) is 5.92 Å². The van der Waals surface area contributed by atoms with Gasteiger partial charge in [0.05, 0.1) is 0 Å². The molecule has 0 bridgehead atoms. The monoisotopic (exact) mass is 277 g/mol. The highest BCUT2D eigenvalue weighted by Crippen LogP contribution is 2.15. The molecular weight excluding hydrogens is 250 g/mol. The van der Waals surface area contributed by atoms with Crippen molar-refractivity contribution >= 4 is 10.2 Å². The third-order valence-electron chi connectivity index (χ3n) is 3.70. The molecule has 0 aromatic carbocycles. The normalized spacial score (nSPS) is 18.7. The predicted molar refractivity (Wildman–Crippen MR) is 74.7 cm³/mol. The molecule has 0 aromatic heterocycles. The van der Waals surface area contributed by atoms with Crippen LogP contribution in [0.3, 0.4) is 0 Å². The lowest BCUT2D eigenvalue weighted by atomic mass is 10.0. The van der Waals surface area contributed by atoms with E-state index in [0.29, 0.717) is 32.1 Å². The van der Waals surface area contributed by atoms with E-state index in [0.717, 1.165) is 25.9 Å². The summed E-state index contributed by atoms with van der Waals surface area (Å²) in [6.45, 7) is 10.0. The third kappa shape index (κ3) is 3.91. The van der Waals surface area contributed by atoms with Crippen LogP contribution in [0.4, 0.5) is 0 Å². The Labute approximate surface area is 112 Å². The summed E-state index contributed by atoms with van der Waals surface area (Å²) < 4.78 is 28.3. The van der Waals surface area contributed by atoms with E-state index in [4.69, 9.17) is 0 Å². The molecule has 0 radical (unpaired) electrons. The van der Waals surface area contributed by atoms with Crippen molar-refractivity contribution in [1.82, 2.24) is 13.9 Å². The quantitative estimate of drug-likeness (QED) is 0.752. The summed E-state index contributed by atoms with van der Waals surface area (Å²) in [4.78, 5) is 0. The number of rotatable bonds is 7. The number of nitrogens with one attached hydrogen (secondary N) is 1. The van der Waals surface area contributed by atoms with Crippen molar-refractivity contribution in [3.05, 3.63) is 0 Å². The maximum absolute atomic E-state index is 12.5. The molecule has 6 heteroatoms. The van der Waals surface area contributed by atoms with Crippen molar-refractivity contribution in [3.8, 4) is 0 Å². The van der Waals surface area contributed by atoms with E-state index in [9.17, 15) is 8.42 Å². The lowest BCUT2D eigenvalue weighted by Gasteiger charge is -2.33. The van der Waals surface area contributed by atoms with Gasteiger partial charge in [-0.1, -0.05) is 33.6 Å². The minimum absolute atomic E-state index is 0.461. The maximum Gasteiger partial charge on any atom is 0.282 e. The fourth-order valence-corrected chi connectivity index (χ4v) is 3.96. The van der Waals surface area contributed by atoms with Crippen LogP contribution in [0.2, 0.25) is 0 Å². The van der Waals surface area contributed by atoms with Gasteiger partial charge in [0.15, 0.2) is 0 Å². The summed E-state index contributed by atoms with van der Waals surface area (Å²) in [6, 6.07) is 0. The third-order valence-corrected chi connectivity index (χ3v) is 5.78. The van der Waals surface area contributed by atoms with Crippen LogP contribution in [0.1, 0.15) is 33.6 Å². The number of nitrogens with zero attached hydrogens (tertiary/aromatic N) is 2. The molecule has 0 atom stereocenters. The lowest BCUT2D eigenvalue weighted by Crippen LogP contribution is -2.52. The van der Waals surface area contributed by atoms with Crippen LogP contribution in [0.5, 0.6) is 0 Å². The van der Waals surface area contributed by atoms with Crippen LogP contribution < -0.4 is 5.32 Å². The van der Waals surface area contributed by atoms with Crippen LogP contribution in [0.15, 0.2) is 0 Å². The minimum Gasteiger partial charge on any atom is -0.314 e. The molecule has 18 heavy (non-hydrogen) atoms. The standard InChI is InChI=1S/C12H27N3O2S/c1-4-12(5-2)11-14(6-3)18(16,17)15-9-7-13-8-10-15/h12-13H,4-11H2,1-3H3. The van der Waals surface area contributed by atoms with Crippen LogP contribution in [-0.4, -0.2) is 56.3 Å². The minimum atomic E-state index is -3.26. The molecular formula is C12H27N3O2S. The summed E-state index contributed by atoms with van der Waals surface area (Å²) >= 11 is 0. The molecule has 0 aliphatic carbocycles. The smallest absolute Gasteiger partial charge is 0.282 e. The second-order valence-corrected chi connectivity index (χ2v) is 6.72. The first-order valence-corrected chi connectivity index (χ1v) is 8.41. The molecule has 0 aromatic rings. The molecule has 1 heterocycles. The van der Waals surface area contributed by atoms with E-state index < -0.39 is 10.2 Å². The summed E-state index contributed by atoms with van der Waals surface area (Å²) in [5.41, 5.74) is 0. The van der Waals surface area contributed by atoms with Crippen LogP contribution in [0.25, 0.3) is 0 Å². The first kappa shape index (κ1) is 15.9. The molecule has 0 amide bonds. The second kappa shape index (κ2) is 7.43. The first-order chi connectivity index (χ1) is 8.56. The summed E-state index contributed by atoms with van der Waals surface area (Å²) in [5.74, 6) is 0.461. The highest BCUT2D eigenvalue weighted by atomic mass is 32.2. The molecule has 1 aliphatic heterocycles. The average molecular weight is 277 g/mol. The largest absolute Gasteiger partial charge is 0.314 e. The fraction of sp³-hybridized carbons (Fsp3) is 1.00. The molecule has 1 rings (SSSR count). The summed E-state index contributed by atoms with van der Waals surface area (Å²) in [6.07, 6.45) is 2.06. The molecule has 0 unspecified atom stereocenters. The second-order valence-electron chi connectivity index (χ2n) is 4.79. The van der Waals surface area contributed by atoms with Crippen molar-refractivity contribution in [3.63, 3.8) is 0 Å². The number of hydrogen-bond acceptors (Lipinski definition) is 3. The molecule has 5 nitrogen and oxygen atoms in total. The topological polar surface area (TPSA) is 52.7 Å². The van der Waals surface area contributed by atoms with Crippen molar-refractivity contribution in [2.75, 3.05) is 39.3 Å². The molecule has 1 fully saturated rings. The Morgan fingerprint density at radius 2 is 1.72 bits per heavy atom. The summed E-state index contributed by atoms with van der Waals surface area (Å²) in [5, 5.41) is 3.18. The van der Waals surface area contributed by atoms with Gasteiger partial charge in [-0.15, -0.1) is 0 Å². The van der Waals surface area contributed by atoms with E-state index in [-0.39, 0.29) is 0 Å². The van der Waals surface area contributed by atoms with Crippen LogP contribution >= 0.6 is 0 Å². The van der Waals surface area contributed by atoms with Gasteiger partial charge in [-0.25, -0.2) is 0 Å². The maximum atomic E-state index is 12.5. The van der Waals surface area contributed by atoms with E-state index in [1.54, 1.807) is 8.61 Å². The van der Waals surface area contributed by atoms with Crippen molar-refractivity contribution in [2.45, 2.75) is 33.6 Å². The van der Waals surface area contributed by atoms with E-state index in [1.807, 2.05) is 6.92 Å². The van der Waals surface area contributed by atoms with Crippen molar-refractivity contribution in [1.29, 1.82) is 0 Å². The van der Waals surface area contributed by atoms with Gasteiger partial charge in [0, 0.05) is 39.3 Å². The highest BCUT2D eigenvalue weighted by Gasteiger charge is 2.30. The first-order valence-electron chi connectivity index (χ1n) is 7.02. The van der Waals surface area contributed by atoms with Gasteiger partial charge in [0.2, 0.25) is 0 Å². The Morgan fingerprint density at radius 1 is 1.17 bits per heavy atom. The Balaban J connectivity index is 2.72. The SMILES string of the molecule is CCC(CC)CN(CC)S(=O)(=O)N1CCNCC1. The van der Waals surface area contributed by atoms with E-state index in [1.165, 1.54) is 0 Å². The number of hydrogen-bond donors (Lipinski definition) is 1. The molecule has 1 saturated heterocycles. The lowest BCUT2D eigenvalue weighted by molar-refractivity contribution is 0.288. The Hall–Kier alpha value is -0.170. The summed E-state index contributed by atoms with van der Waals surface area (Å²) in [7, 11) is -3.26. The van der Waals surface area contributed by atoms with E-state index in [2.05, 4.69) is 19.2 Å². The van der Waals surface area contributed by atoms with Gasteiger partial charge in [0.1, 0.15) is 0 Å². The van der Waals surface area contributed by atoms with Crippen molar-refractivity contribution in [2.24, 2.45) is 5.92 Å². The zero-order valence-electron chi connectivity index (χ0n) is 11.9. The van der Waals surface area contributed by atoms with Crippen molar-refractivity contribution < 1.29 is 8.42 Å². The molecule has 0 saturated carbocycles. The van der Waals surface area contributed by atoms with Crippen LogP contribution in [0, 0.1) is 5.92 Å². The average Bonchev–Trinajstić information content (AvgIpc) is 2.41. The van der Waals surface area contributed by atoms with Gasteiger partial charge >= 0.3 is 0 Å². The van der Waals surface area contributed by atoms with Gasteiger partial charge in [-0.2, -0.15) is 17.0 Å². The molecule has 0 spiro atoms. The highest BCUT2D eigenvalue weighted by molar-refractivity contribution is 7.86. The van der Waals surface area contributed by atoms with Crippen LogP contribution in [-0.2, 0) is 10.2 Å².